The largest absolute Gasteiger partial charge is 0.478 e. The molecular weight excluding hydrogens is 392 g/mol. The van der Waals surface area contributed by atoms with Gasteiger partial charge >= 0.3 is 0 Å². The highest BCUT2D eigenvalue weighted by atomic mass is 79.9. The van der Waals surface area contributed by atoms with E-state index < -0.39 is 5.60 Å². The summed E-state index contributed by atoms with van der Waals surface area (Å²) in [5.74, 6) is 0.486. The van der Waals surface area contributed by atoms with Crippen LogP contribution in [-0.2, 0) is 4.79 Å². The number of piperidine rings is 1. The third-order valence-corrected chi connectivity index (χ3v) is 5.11. The van der Waals surface area contributed by atoms with Crippen molar-refractivity contribution in [3.8, 4) is 5.75 Å². The number of carbonyl (C=O) groups excluding carboxylic acids is 1. The number of amides is 1. The summed E-state index contributed by atoms with van der Waals surface area (Å²) in [7, 11) is 0. The molecule has 5 heteroatoms. The molecule has 0 atom stereocenters. The number of rotatable bonds is 5. The van der Waals surface area contributed by atoms with E-state index in [9.17, 15) is 4.79 Å². The van der Waals surface area contributed by atoms with Crippen LogP contribution in [0.3, 0.4) is 0 Å². The van der Waals surface area contributed by atoms with Gasteiger partial charge in [0, 0.05) is 28.9 Å². The van der Waals surface area contributed by atoms with Gasteiger partial charge in [-0.25, -0.2) is 0 Å². The first-order chi connectivity index (χ1) is 12.4. The molecule has 0 aromatic heterocycles. The quantitative estimate of drug-likeness (QED) is 0.724. The van der Waals surface area contributed by atoms with Gasteiger partial charge in [-0.3, -0.25) is 4.79 Å². The topological polar surface area (TPSA) is 41.6 Å². The van der Waals surface area contributed by atoms with Crippen molar-refractivity contribution < 1.29 is 9.53 Å². The molecule has 0 saturated carbocycles. The molecule has 0 bridgehead atoms. The second-order valence-corrected chi connectivity index (χ2v) is 8.03. The van der Waals surface area contributed by atoms with E-state index in [1.807, 2.05) is 36.4 Å². The SMILES string of the molecule is CC(C)(Oc1ccc(Br)cc1)C(=O)Nc1ccc(N2CCCCC2)cc1. The Morgan fingerprint density at radius 1 is 1.00 bits per heavy atom. The molecule has 1 amide bonds. The number of hydrogen-bond donors (Lipinski definition) is 1. The van der Waals surface area contributed by atoms with E-state index in [0.717, 1.165) is 23.2 Å². The van der Waals surface area contributed by atoms with Gasteiger partial charge in [-0.05, 0) is 81.6 Å². The highest BCUT2D eigenvalue weighted by Crippen LogP contribution is 2.24. The molecule has 2 aromatic rings. The van der Waals surface area contributed by atoms with Crippen LogP contribution in [0, 0.1) is 0 Å². The van der Waals surface area contributed by atoms with Crippen LogP contribution in [0.5, 0.6) is 5.75 Å². The van der Waals surface area contributed by atoms with Crippen molar-refractivity contribution in [3.05, 3.63) is 53.0 Å². The van der Waals surface area contributed by atoms with Crippen LogP contribution in [0.4, 0.5) is 11.4 Å². The number of hydrogen-bond acceptors (Lipinski definition) is 3. The number of halogens is 1. The van der Waals surface area contributed by atoms with Crippen molar-refractivity contribution >= 4 is 33.2 Å². The van der Waals surface area contributed by atoms with Crippen molar-refractivity contribution in [2.24, 2.45) is 0 Å². The van der Waals surface area contributed by atoms with E-state index in [2.05, 4.69) is 38.3 Å². The zero-order valence-corrected chi connectivity index (χ0v) is 16.9. The zero-order valence-electron chi connectivity index (χ0n) is 15.3. The molecule has 3 rings (SSSR count). The highest BCUT2D eigenvalue weighted by molar-refractivity contribution is 9.10. The standard InChI is InChI=1S/C21H25BrN2O2/c1-21(2,26-19-12-6-16(22)7-13-19)20(25)23-17-8-10-18(11-9-17)24-14-4-3-5-15-24/h6-13H,3-5,14-15H2,1-2H3,(H,23,25). The lowest BCUT2D eigenvalue weighted by atomic mass is 10.1. The number of ether oxygens (including phenoxy) is 1. The first kappa shape index (κ1) is 18.8. The fourth-order valence-electron chi connectivity index (χ4n) is 3.03. The van der Waals surface area contributed by atoms with E-state index in [0.29, 0.717) is 5.75 Å². The predicted octanol–water partition coefficient (Wildman–Crippen LogP) is 5.24. The van der Waals surface area contributed by atoms with Crippen LogP contribution < -0.4 is 15.0 Å². The van der Waals surface area contributed by atoms with Gasteiger partial charge in [-0.2, -0.15) is 0 Å². The molecule has 0 aliphatic carbocycles. The first-order valence-corrected chi connectivity index (χ1v) is 9.84. The van der Waals surface area contributed by atoms with E-state index in [1.54, 1.807) is 13.8 Å². The van der Waals surface area contributed by atoms with Gasteiger partial charge in [0.2, 0.25) is 0 Å². The number of carbonyl (C=O) groups is 1. The van der Waals surface area contributed by atoms with Gasteiger partial charge in [-0.15, -0.1) is 0 Å². The summed E-state index contributed by atoms with van der Waals surface area (Å²) < 4.78 is 6.84. The Balaban J connectivity index is 1.61. The Bertz CT molecular complexity index is 736. The van der Waals surface area contributed by atoms with Crippen molar-refractivity contribution in [1.82, 2.24) is 0 Å². The van der Waals surface area contributed by atoms with Crippen LogP contribution in [0.2, 0.25) is 0 Å². The normalized spacial score (nSPS) is 14.8. The average molecular weight is 417 g/mol. The third-order valence-electron chi connectivity index (χ3n) is 4.58. The molecular formula is C21H25BrN2O2. The number of nitrogens with one attached hydrogen (secondary N) is 1. The van der Waals surface area contributed by atoms with E-state index in [4.69, 9.17) is 4.74 Å². The molecule has 1 N–H and O–H groups in total. The molecule has 1 aliphatic heterocycles. The fourth-order valence-corrected chi connectivity index (χ4v) is 3.30. The summed E-state index contributed by atoms with van der Waals surface area (Å²) in [6, 6.07) is 15.5. The third kappa shape index (κ3) is 4.79. The van der Waals surface area contributed by atoms with Crippen molar-refractivity contribution in [1.29, 1.82) is 0 Å². The smallest absolute Gasteiger partial charge is 0.267 e. The van der Waals surface area contributed by atoms with Gasteiger partial charge in [0.1, 0.15) is 5.75 Å². The van der Waals surface area contributed by atoms with Gasteiger partial charge < -0.3 is 15.0 Å². The lowest BCUT2D eigenvalue weighted by Gasteiger charge is -2.29. The van der Waals surface area contributed by atoms with Crippen LogP contribution in [-0.4, -0.2) is 24.6 Å². The lowest BCUT2D eigenvalue weighted by molar-refractivity contribution is -0.128. The average Bonchev–Trinajstić information content (AvgIpc) is 2.65. The molecule has 138 valence electrons. The molecule has 1 saturated heterocycles. The molecule has 0 radical (unpaired) electrons. The van der Waals surface area contributed by atoms with E-state index in [-0.39, 0.29) is 5.91 Å². The predicted molar refractivity (Wildman–Crippen MR) is 110 cm³/mol. The van der Waals surface area contributed by atoms with Crippen molar-refractivity contribution in [2.75, 3.05) is 23.3 Å². The lowest BCUT2D eigenvalue weighted by Crippen LogP contribution is -2.42. The zero-order chi connectivity index (χ0) is 18.6. The maximum absolute atomic E-state index is 12.6. The Morgan fingerprint density at radius 2 is 1.62 bits per heavy atom. The second-order valence-electron chi connectivity index (χ2n) is 7.11. The van der Waals surface area contributed by atoms with Crippen molar-refractivity contribution in [2.45, 2.75) is 38.7 Å². The molecule has 1 heterocycles. The van der Waals surface area contributed by atoms with E-state index in [1.165, 1.54) is 24.9 Å². The second kappa shape index (κ2) is 8.12. The summed E-state index contributed by atoms with van der Waals surface area (Å²) in [4.78, 5) is 15.0. The Hall–Kier alpha value is -2.01. The summed E-state index contributed by atoms with van der Waals surface area (Å²) in [6.07, 6.45) is 3.82. The Kier molecular flexibility index (Phi) is 5.87. The molecule has 2 aromatic carbocycles. The molecule has 4 nitrogen and oxygen atoms in total. The molecule has 26 heavy (non-hydrogen) atoms. The Labute approximate surface area is 163 Å². The monoisotopic (exact) mass is 416 g/mol. The molecule has 1 fully saturated rings. The summed E-state index contributed by atoms with van der Waals surface area (Å²) in [6.45, 7) is 5.76. The summed E-state index contributed by atoms with van der Waals surface area (Å²) >= 11 is 3.39. The van der Waals surface area contributed by atoms with Gasteiger partial charge in [-0.1, -0.05) is 15.9 Å². The maximum Gasteiger partial charge on any atom is 0.267 e. The fraction of sp³-hybridized carbons (Fsp3) is 0.381. The molecule has 0 unspecified atom stereocenters. The minimum atomic E-state index is -0.973. The first-order valence-electron chi connectivity index (χ1n) is 9.05. The summed E-state index contributed by atoms with van der Waals surface area (Å²) in [5.41, 5.74) is 1.02. The van der Waals surface area contributed by atoms with Crippen molar-refractivity contribution in [3.63, 3.8) is 0 Å². The number of anilines is 2. The van der Waals surface area contributed by atoms with Crippen LogP contribution in [0.15, 0.2) is 53.0 Å². The van der Waals surface area contributed by atoms with Gasteiger partial charge in [0.05, 0.1) is 0 Å². The van der Waals surface area contributed by atoms with Gasteiger partial charge in [0.15, 0.2) is 5.60 Å². The minimum Gasteiger partial charge on any atom is -0.478 e. The van der Waals surface area contributed by atoms with Crippen LogP contribution in [0.1, 0.15) is 33.1 Å². The molecule has 1 aliphatic rings. The van der Waals surface area contributed by atoms with Crippen LogP contribution in [0.25, 0.3) is 0 Å². The van der Waals surface area contributed by atoms with Gasteiger partial charge in [0.25, 0.3) is 5.91 Å². The van der Waals surface area contributed by atoms with E-state index >= 15 is 0 Å². The van der Waals surface area contributed by atoms with Crippen LogP contribution >= 0.6 is 15.9 Å². The molecule has 0 spiro atoms. The minimum absolute atomic E-state index is 0.175. The highest BCUT2D eigenvalue weighted by Gasteiger charge is 2.30. The summed E-state index contributed by atoms with van der Waals surface area (Å²) in [5, 5.41) is 2.95. The Morgan fingerprint density at radius 3 is 2.23 bits per heavy atom. The number of benzene rings is 2. The maximum atomic E-state index is 12.6. The number of nitrogens with zero attached hydrogens (tertiary/aromatic N) is 1.